The van der Waals surface area contributed by atoms with E-state index >= 15 is 0 Å². The minimum absolute atomic E-state index is 0.00259. The lowest BCUT2D eigenvalue weighted by molar-refractivity contribution is -0.121. The molecule has 0 spiro atoms. The van der Waals surface area contributed by atoms with Crippen molar-refractivity contribution in [3.8, 4) is 22.5 Å². The summed E-state index contributed by atoms with van der Waals surface area (Å²) in [5.74, 6) is -1.95. The summed E-state index contributed by atoms with van der Waals surface area (Å²) in [7, 11) is -26.3. The Balaban J connectivity index is 0.979. The number of anilines is 2. The molecule has 38 heteroatoms. The largest absolute Gasteiger partial charge is 0.490 e. The van der Waals surface area contributed by atoms with E-state index in [9.17, 15) is 68.9 Å². The van der Waals surface area contributed by atoms with Crippen LogP contribution in [-0.4, -0.2) is 145 Å². The number of fused-ring (bicyclic) bond motifs is 3. The maximum Gasteiger partial charge on any atom is 0.490 e. The fourth-order valence-corrected chi connectivity index (χ4v) is 12.3. The zero-order valence-corrected chi connectivity index (χ0v) is 42.9. The Morgan fingerprint density at radius 2 is 1.57 bits per heavy atom. The fraction of sp³-hybridized carbons (Fsp3) is 0.289. The number of rotatable bonds is 20. The number of hydrogen-bond donors (Lipinski definition) is 12. The van der Waals surface area contributed by atoms with Gasteiger partial charge in [-0.2, -0.15) is 25.5 Å². The van der Waals surface area contributed by atoms with Crippen molar-refractivity contribution < 1.29 is 106 Å². The summed E-state index contributed by atoms with van der Waals surface area (Å²) in [5.41, 5.74) is 10.6. The molecule has 1 saturated heterocycles. The number of imidazole rings is 1. The number of aromatic nitrogens is 4. The topological polar surface area (TPSA) is 518 Å². The zero-order chi connectivity index (χ0) is 55.9. The number of ether oxygens (including phenoxy) is 2. The molecule has 1 aliphatic carbocycles. The summed E-state index contributed by atoms with van der Waals surface area (Å²) >= 11 is 0. The van der Waals surface area contributed by atoms with Crippen molar-refractivity contribution in [3.05, 3.63) is 72.1 Å². The molecule has 3 aliphatic rings. The first-order valence-electron chi connectivity index (χ1n) is 21.3. The van der Waals surface area contributed by atoms with Gasteiger partial charge in [0.25, 0.3) is 26.1 Å². The average Bonchev–Trinajstić information content (AvgIpc) is 3.87. The van der Waals surface area contributed by atoms with Gasteiger partial charge in [-0.25, -0.2) is 33.4 Å². The highest BCUT2D eigenvalue weighted by atomic mass is 32.2. The molecule has 4 aromatic rings. The zero-order valence-electron chi connectivity index (χ0n) is 38.5. The Morgan fingerprint density at radius 3 is 2.25 bits per heavy atom. The maximum absolute atomic E-state index is 14.1. The van der Waals surface area contributed by atoms with Crippen LogP contribution in [0.2, 0.25) is 0 Å². The predicted molar refractivity (Wildman–Crippen MR) is 255 cm³/mol. The highest BCUT2D eigenvalue weighted by Crippen LogP contribution is 2.66. The number of nitrogens with one attached hydrogen (secondary N) is 3. The number of hydrogen-bond acceptors (Lipinski definition) is 23. The molecule has 3 amide bonds. The first-order chi connectivity index (χ1) is 35.4. The molecule has 76 heavy (non-hydrogen) atoms. The van der Waals surface area contributed by atoms with Crippen LogP contribution in [-0.2, 0) is 61.3 Å². The van der Waals surface area contributed by atoms with Gasteiger partial charge in [0.1, 0.15) is 24.1 Å². The molecule has 410 valence electrons. The van der Waals surface area contributed by atoms with Crippen molar-refractivity contribution in [3.63, 3.8) is 0 Å². The highest BCUT2D eigenvalue weighted by Gasteiger charge is 2.50. The predicted octanol–water partition coefficient (Wildman–Crippen LogP) is 0.847. The van der Waals surface area contributed by atoms with Crippen LogP contribution in [0.3, 0.4) is 0 Å². The quantitative estimate of drug-likeness (QED) is 0.0166. The molecule has 6 atom stereocenters. The molecule has 2 aliphatic heterocycles. The fourth-order valence-electron chi connectivity index (χ4n) is 7.82. The van der Waals surface area contributed by atoms with E-state index in [1.54, 1.807) is 0 Å². The maximum atomic E-state index is 14.1. The van der Waals surface area contributed by atoms with Crippen LogP contribution in [0.4, 0.5) is 16.3 Å². The smallest absolute Gasteiger partial charge is 0.453 e. The van der Waals surface area contributed by atoms with Gasteiger partial charge in [-0.05, 0) is 42.3 Å². The van der Waals surface area contributed by atoms with Crippen LogP contribution in [0.1, 0.15) is 29.4 Å². The normalized spacial score (nSPS) is 18.8. The molecule has 0 saturated carbocycles. The third kappa shape index (κ3) is 12.9. The second-order valence-corrected chi connectivity index (χ2v) is 23.3. The summed E-state index contributed by atoms with van der Waals surface area (Å²) in [6.45, 7) is -1.64. The Kier molecular flexibility index (Phi) is 16.6. The lowest BCUT2D eigenvalue weighted by Gasteiger charge is -2.22. The van der Waals surface area contributed by atoms with E-state index in [2.05, 4.69) is 38.7 Å². The highest BCUT2D eigenvalue weighted by molar-refractivity contribution is 7.86. The van der Waals surface area contributed by atoms with E-state index in [1.165, 1.54) is 48.3 Å². The monoisotopic (exact) mass is 1160 g/mol. The van der Waals surface area contributed by atoms with Gasteiger partial charge < -0.3 is 65.6 Å². The number of nitrogen functional groups attached to an aromatic ring is 2. The van der Waals surface area contributed by atoms with Gasteiger partial charge in [0.05, 0.1) is 24.0 Å². The van der Waals surface area contributed by atoms with E-state index < -0.39 is 125 Å². The van der Waals surface area contributed by atoms with Crippen LogP contribution in [0.15, 0.2) is 75.4 Å². The number of alkyl carbamates (subject to hydrolysis) is 1. The molecular weight excluding hydrogens is 1120 g/mol. The van der Waals surface area contributed by atoms with E-state index in [4.69, 9.17) is 40.6 Å². The van der Waals surface area contributed by atoms with Crippen molar-refractivity contribution in [1.82, 2.24) is 35.1 Å². The standard InChI is InChI=1S/C38H43N10O23P3S2/c1-47(36(51)19-6-3-2-5-18(19)26-20-8-10-22(39)32(75(60,61)62)29(20)68-30-21(26)9-11-23(40)33(30)76(63,64)65)14-4-7-25(49)42-12-13-43-38(52)69-31-28(50)24(15-66-73(56,57)71-74(58,59)70-72(53,54)55)67-37(31)48-17-46-27-34(41)44-16-45-35(27)48/h2-3,5-6,8-11,16-17,24,28,31,37,39,50H,4,7,12-15,40H2,1H3,(H,42,49)(H,43,52)(H,56,57)(H,58,59)(H2,41,44,45)(H2,53,54,55)(H,60,61,62)(H,63,64,65)/t24-,28-,31-,37-/m1/s1. The molecule has 2 unspecified atom stereocenters. The molecule has 14 N–H and O–H groups in total. The van der Waals surface area contributed by atoms with E-state index in [0.717, 1.165) is 29.4 Å². The Bertz CT molecular complexity index is 3690. The number of carbonyl (C=O) groups is 3. The van der Waals surface area contributed by atoms with E-state index in [1.807, 2.05) is 0 Å². The first kappa shape index (κ1) is 57.3. The SMILES string of the molecule is CN(CCCC(=O)NCCNC(=O)O[C@@H]1[C@H](O)[C@@H](COP(=O)(O)OP(=O)(O)OP(=O)(O)O)O[C@H]1n1cnc2c(N)ncnc21)C(=O)c1ccccc1-c1c2ccc(=N)c(S(=O)(=O)O)c-2oc2c(S(=O)(=O)O)c(N)ccc12. The van der Waals surface area contributed by atoms with Crippen molar-refractivity contribution in [2.24, 2.45) is 0 Å². The molecule has 33 nitrogen and oxygen atoms in total. The van der Waals surface area contributed by atoms with Crippen LogP contribution < -0.4 is 27.5 Å². The van der Waals surface area contributed by atoms with Gasteiger partial charge in [-0.3, -0.25) is 33.2 Å². The number of aliphatic hydroxyl groups is 1. The van der Waals surface area contributed by atoms with Crippen LogP contribution in [0, 0.1) is 5.41 Å². The molecule has 7 rings (SSSR count). The van der Waals surface area contributed by atoms with Gasteiger partial charge >= 0.3 is 29.6 Å². The molecular formula is C38H43N10O23P3S2. The lowest BCUT2D eigenvalue weighted by atomic mass is 9.90. The molecule has 1 fully saturated rings. The summed E-state index contributed by atoms with van der Waals surface area (Å²) in [4.78, 5) is 88.2. The van der Waals surface area contributed by atoms with Gasteiger partial charge in [0.2, 0.25) is 5.91 Å². The number of carbonyl (C=O) groups excluding carboxylic acids is 3. The second kappa shape index (κ2) is 21.9. The van der Waals surface area contributed by atoms with Crippen molar-refractivity contribution in [1.29, 1.82) is 5.41 Å². The van der Waals surface area contributed by atoms with Gasteiger partial charge in [0.15, 0.2) is 44.9 Å². The minimum Gasteiger partial charge on any atom is -0.453 e. The molecule has 2 aromatic carbocycles. The molecule has 0 radical (unpaired) electrons. The van der Waals surface area contributed by atoms with Crippen LogP contribution >= 0.6 is 23.5 Å². The van der Waals surface area contributed by atoms with Crippen molar-refractivity contribution in [2.45, 2.75) is 47.2 Å². The summed E-state index contributed by atoms with van der Waals surface area (Å²) < 4.78 is 136. The Hall–Kier alpha value is -6.36. The number of aliphatic hydroxyl groups excluding tert-OH is 1. The third-order valence-electron chi connectivity index (χ3n) is 10.9. The molecule has 0 bridgehead atoms. The minimum atomic E-state index is -5.91. The van der Waals surface area contributed by atoms with Crippen LogP contribution in [0.25, 0.3) is 44.6 Å². The number of nitrogens with zero attached hydrogens (tertiary/aromatic N) is 5. The first-order valence-corrected chi connectivity index (χ1v) is 28.7. The number of phosphoric acid groups is 3. The summed E-state index contributed by atoms with van der Waals surface area (Å²) in [5, 5.41) is 23.5. The second-order valence-electron chi connectivity index (χ2n) is 16.2. The number of nitrogens with two attached hydrogens (primary N) is 2. The van der Waals surface area contributed by atoms with Gasteiger partial charge in [0, 0.05) is 55.2 Å². The van der Waals surface area contributed by atoms with E-state index in [0.29, 0.717) is 0 Å². The van der Waals surface area contributed by atoms with Gasteiger partial charge in [-0.15, -0.1) is 0 Å². The Labute approximate surface area is 426 Å². The number of benzene rings is 3. The number of phosphoric ester groups is 1. The lowest BCUT2D eigenvalue weighted by Crippen LogP contribution is -2.41. The third-order valence-corrected chi connectivity index (χ3v) is 16.6. The van der Waals surface area contributed by atoms with Crippen molar-refractivity contribution in [2.75, 3.05) is 44.8 Å². The van der Waals surface area contributed by atoms with E-state index in [-0.39, 0.29) is 77.1 Å². The molecule has 4 heterocycles. The summed E-state index contributed by atoms with van der Waals surface area (Å²) in [6.07, 6.45) is -6.00. The average molecular weight is 1160 g/mol. The molecule has 2 aromatic heterocycles. The van der Waals surface area contributed by atoms with Gasteiger partial charge in [-0.1, -0.05) is 18.2 Å². The van der Waals surface area contributed by atoms with Crippen LogP contribution in [0.5, 0.6) is 0 Å². The summed E-state index contributed by atoms with van der Waals surface area (Å²) in [6, 6.07) is 10.6. The number of amides is 3. The Morgan fingerprint density at radius 1 is 0.882 bits per heavy atom. The van der Waals surface area contributed by atoms with Crippen molar-refractivity contribution >= 4 is 95.3 Å².